The lowest BCUT2D eigenvalue weighted by atomic mass is 10.2. The molecule has 1 aromatic heterocycles. The number of anilines is 1. The maximum atomic E-state index is 5.64. The molecule has 4 heteroatoms. The van der Waals surface area contributed by atoms with Crippen LogP contribution in [0.15, 0.2) is 18.3 Å². The molecular weight excluding hydrogens is 224 g/mol. The van der Waals surface area contributed by atoms with Crippen molar-refractivity contribution in [1.82, 2.24) is 9.88 Å². The van der Waals surface area contributed by atoms with Crippen molar-refractivity contribution in [2.75, 3.05) is 31.1 Å². The summed E-state index contributed by atoms with van der Waals surface area (Å²) in [6.45, 7) is 9.57. The monoisotopic (exact) mass is 248 g/mol. The number of aromatic nitrogens is 1. The summed E-state index contributed by atoms with van der Waals surface area (Å²) in [5.41, 5.74) is 7.87. The van der Waals surface area contributed by atoms with Gasteiger partial charge in [0.15, 0.2) is 0 Å². The van der Waals surface area contributed by atoms with Crippen molar-refractivity contribution in [2.24, 2.45) is 5.73 Å². The van der Waals surface area contributed by atoms with Crippen LogP contribution in [-0.4, -0.2) is 42.1 Å². The molecule has 0 radical (unpaired) electrons. The Morgan fingerprint density at radius 2 is 2.06 bits per heavy atom. The molecule has 1 atom stereocenters. The van der Waals surface area contributed by atoms with Gasteiger partial charge in [0.2, 0.25) is 0 Å². The quantitative estimate of drug-likeness (QED) is 0.876. The molecule has 18 heavy (non-hydrogen) atoms. The highest BCUT2D eigenvalue weighted by atomic mass is 15.3. The summed E-state index contributed by atoms with van der Waals surface area (Å²) in [6, 6.07) is 4.89. The van der Waals surface area contributed by atoms with Crippen LogP contribution in [0.4, 0.5) is 5.69 Å². The maximum absolute atomic E-state index is 5.64. The molecule has 0 saturated carbocycles. The van der Waals surface area contributed by atoms with E-state index in [9.17, 15) is 0 Å². The number of hydrogen-bond acceptors (Lipinski definition) is 4. The third-order valence-electron chi connectivity index (χ3n) is 3.90. The van der Waals surface area contributed by atoms with Crippen LogP contribution < -0.4 is 10.6 Å². The first kappa shape index (κ1) is 13.3. The standard InChI is InChI=1S/C14H24N4/c1-3-12(2)17-6-8-18(9-7-17)14-4-5-16-13(10-14)11-15/h4-5,10,12H,3,6-9,11,15H2,1-2H3. The van der Waals surface area contributed by atoms with Gasteiger partial charge in [-0.3, -0.25) is 9.88 Å². The molecule has 0 bridgehead atoms. The Morgan fingerprint density at radius 3 is 2.67 bits per heavy atom. The molecule has 0 aromatic carbocycles. The molecule has 2 heterocycles. The lowest BCUT2D eigenvalue weighted by Gasteiger charge is -2.39. The van der Waals surface area contributed by atoms with E-state index in [1.807, 2.05) is 6.20 Å². The first-order valence-electron chi connectivity index (χ1n) is 6.88. The SMILES string of the molecule is CCC(C)N1CCN(c2ccnc(CN)c2)CC1. The van der Waals surface area contributed by atoms with Gasteiger partial charge in [0.1, 0.15) is 0 Å². The van der Waals surface area contributed by atoms with E-state index in [0.29, 0.717) is 12.6 Å². The van der Waals surface area contributed by atoms with Gasteiger partial charge >= 0.3 is 0 Å². The van der Waals surface area contributed by atoms with Crippen LogP contribution >= 0.6 is 0 Å². The number of nitrogens with two attached hydrogens (primary N) is 1. The minimum Gasteiger partial charge on any atom is -0.369 e. The molecule has 0 amide bonds. The van der Waals surface area contributed by atoms with Crippen LogP contribution in [0.2, 0.25) is 0 Å². The van der Waals surface area contributed by atoms with Crippen molar-refractivity contribution in [2.45, 2.75) is 32.9 Å². The van der Waals surface area contributed by atoms with Gasteiger partial charge in [-0.2, -0.15) is 0 Å². The molecule has 1 aliphatic rings. The van der Waals surface area contributed by atoms with Crippen LogP contribution in [0.5, 0.6) is 0 Å². The number of piperazine rings is 1. The fourth-order valence-corrected chi connectivity index (χ4v) is 2.45. The summed E-state index contributed by atoms with van der Waals surface area (Å²) in [7, 11) is 0. The first-order chi connectivity index (χ1) is 8.74. The van der Waals surface area contributed by atoms with Crippen molar-refractivity contribution in [1.29, 1.82) is 0 Å². The highest BCUT2D eigenvalue weighted by Crippen LogP contribution is 2.18. The fraction of sp³-hybridized carbons (Fsp3) is 0.643. The fourth-order valence-electron chi connectivity index (χ4n) is 2.45. The topological polar surface area (TPSA) is 45.4 Å². The lowest BCUT2D eigenvalue weighted by molar-refractivity contribution is 0.193. The van der Waals surface area contributed by atoms with Crippen molar-refractivity contribution in [3.05, 3.63) is 24.0 Å². The zero-order valence-corrected chi connectivity index (χ0v) is 11.5. The molecule has 2 rings (SSSR count). The molecule has 1 aliphatic heterocycles. The van der Waals surface area contributed by atoms with E-state index in [-0.39, 0.29) is 0 Å². The largest absolute Gasteiger partial charge is 0.369 e. The Morgan fingerprint density at radius 1 is 1.33 bits per heavy atom. The van der Waals surface area contributed by atoms with Crippen LogP contribution in [0.1, 0.15) is 26.0 Å². The van der Waals surface area contributed by atoms with Gasteiger partial charge in [0, 0.05) is 50.6 Å². The zero-order valence-electron chi connectivity index (χ0n) is 11.5. The van der Waals surface area contributed by atoms with Crippen LogP contribution in [-0.2, 0) is 6.54 Å². The highest BCUT2D eigenvalue weighted by Gasteiger charge is 2.20. The predicted molar refractivity (Wildman–Crippen MR) is 75.7 cm³/mol. The van der Waals surface area contributed by atoms with E-state index in [1.165, 1.54) is 12.1 Å². The Bertz CT molecular complexity index is 372. The van der Waals surface area contributed by atoms with Crippen LogP contribution in [0.25, 0.3) is 0 Å². The average Bonchev–Trinajstić information content (AvgIpc) is 2.46. The van der Waals surface area contributed by atoms with Crippen molar-refractivity contribution in [3.8, 4) is 0 Å². The van der Waals surface area contributed by atoms with Crippen molar-refractivity contribution in [3.63, 3.8) is 0 Å². The van der Waals surface area contributed by atoms with E-state index < -0.39 is 0 Å². The van der Waals surface area contributed by atoms with Gasteiger partial charge in [-0.05, 0) is 25.5 Å². The van der Waals surface area contributed by atoms with E-state index in [2.05, 4.69) is 40.8 Å². The minimum absolute atomic E-state index is 0.515. The van der Waals surface area contributed by atoms with Crippen molar-refractivity contribution < 1.29 is 0 Å². The molecule has 1 unspecified atom stereocenters. The third kappa shape index (κ3) is 3.00. The molecule has 100 valence electrons. The number of pyridine rings is 1. The minimum atomic E-state index is 0.515. The summed E-state index contributed by atoms with van der Waals surface area (Å²) < 4.78 is 0. The Hall–Kier alpha value is -1.13. The molecule has 0 spiro atoms. The van der Waals surface area contributed by atoms with E-state index in [4.69, 9.17) is 5.73 Å². The molecule has 2 N–H and O–H groups in total. The Labute approximate surface area is 110 Å². The highest BCUT2D eigenvalue weighted by molar-refractivity contribution is 5.47. The first-order valence-corrected chi connectivity index (χ1v) is 6.88. The summed E-state index contributed by atoms with van der Waals surface area (Å²) >= 11 is 0. The van der Waals surface area contributed by atoms with Crippen LogP contribution in [0.3, 0.4) is 0 Å². The third-order valence-corrected chi connectivity index (χ3v) is 3.90. The Kier molecular flexibility index (Phi) is 4.55. The second kappa shape index (κ2) is 6.16. The van der Waals surface area contributed by atoms with Gasteiger partial charge < -0.3 is 10.6 Å². The predicted octanol–water partition coefficient (Wildman–Crippen LogP) is 1.46. The lowest BCUT2D eigenvalue weighted by Crippen LogP contribution is -2.49. The Balaban J connectivity index is 1.96. The molecule has 1 fully saturated rings. The van der Waals surface area contributed by atoms with Gasteiger partial charge in [-0.15, -0.1) is 0 Å². The zero-order chi connectivity index (χ0) is 13.0. The van der Waals surface area contributed by atoms with E-state index in [0.717, 1.165) is 31.9 Å². The van der Waals surface area contributed by atoms with Gasteiger partial charge in [-0.1, -0.05) is 6.92 Å². The van der Waals surface area contributed by atoms with Crippen molar-refractivity contribution >= 4 is 5.69 Å². The molecule has 0 aliphatic carbocycles. The average molecular weight is 248 g/mol. The normalized spacial score (nSPS) is 18.9. The second-order valence-electron chi connectivity index (χ2n) is 4.99. The number of nitrogens with zero attached hydrogens (tertiary/aromatic N) is 3. The summed E-state index contributed by atoms with van der Waals surface area (Å²) in [4.78, 5) is 9.25. The number of rotatable bonds is 4. The van der Waals surface area contributed by atoms with Crippen LogP contribution in [0, 0.1) is 0 Å². The molecule has 1 saturated heterocycles. The molecular formula is C14H24N4. The smallest absolute Gasteiger partial charge is 0.0560 e. The summed E-state index contributed by atoms with van der Waals surface area (Å²) in [5, 5.41) is 0. The van der Waals surface area contributed by atoms with E-state index >= 15 is 0 Å². The summed E-state index contributed by atoms with van der Waals surface area (Å²) in [5.74, 6) is 0. The number of hydrogen-bond donors (Lipinski definition) is 1. The van der Waals surface area contributed by atoms with E-state index in [1.54, 1.807) is 0 Å². The summed E-state index contributed by atoms with van der Waals surface area (Å²) in [6.07, 6.45) is 3.09. The van der Waals surface area contributed by atoms with Gasteiger partial charge in [0.05, 0.1) is 5.69 Å². The molecule has 1 aromatic rings. The molecule has 4 nitrogen and oxygen atoms in total. The second-order valence-corrected chi connectivity index (χ2v) is 4.99. The van der Waals surface area contributed by atoms with Gasteiger partial charge in [0.25, 0.3) is 0 Å². The maximum Gasteiger partial charge on any atom is 0.0560 e. The van der Waals surface area contributed by atoms with Gasteiger partial charge in [-0.25, -0.2) is 0 Å².